The van der Waals surface area contributed by atoms with Crippen molar-refractivity contribution >= 4 is 49.4 Å². The second kappa shape index (κ2) is 15.1. The monoisotopic (exact) mass is 815 g/mol. The summed E-state index contributed by atoms with van der Waals surface area (Å²) in [4.78, 5) is 2.50. The highest BCUT2D eigenvalue weighted by Crippen LogP contribution is 2.55. The molecule has 1 heteroatoms. The van der Waals surface area contributed by atoms with Gasteiger partial charge in [-0.15, -0.1) is 0 Å². The van der Waals surface area contributed by atoms with Crippen molar-refractivity contribution in [2.45, 2.75) is 19.3 Å². The summed E-state index contributed by atoms with van der Waals surface area (Å²) >= 11 is 0. The van der Waals surface area contributed by atoms with E-state index in [-0.39, 0.29) is 5.41 Å². The summed E-state index contributed by atoms with van der Waals surface area (Å²) in [7, 11) is 0. The molecule has 11 aromatic carbocycles. The lowest BCUT2D eigenvalue weighted by molar-refractivity contribution is 0.660. The Morgan fingerprint density at radius 3 is 1.67 bits per heavy atom. The molecule has 0 saturated carbocycles. The maximum atomic E-state index is 2.50. The Morgan fingerprint density at radius 2 is 0.875 bits per heavy atom. The fourth-order valence-electron chi connectivity index (χ4n) is 10.6. The zero-order chi connectivity index (χ0) is 42.8. The van der Waals surface area contributed by atoms with Gasteiger partial charge in [-0.2, -0.15) is 0 Å². The van der Waals surface area contributed by atoms with Crippen molar-refractivity contribution < 1.29 is 0 Å². The highest BCUT2D eigenvalue weighted by molar-refractivity contribution is 6.10. The number of fused-ring (bicyclic) bond motifs is 7. The summed E-state index contributed by atoms with van der Waals surface area (Å²) in [6, 6.07) is 87.3. The Kier molecular flexibility index (Phi) is 8.91. The van der Waals surface area contributed by atoms with E-state index in [4.69, 9.17) is 0 Å². The van der Waals surface area contributed by atoms with Gasteiger partial charge in [0, 0.05) is 22.1 Å². The van der Waals surface area contributed by atoms with Crippen LogP contribution in [0, 0.1) is 0 Å². The molecule has 0 aliphatic heterocycles. The smallest absolute Gasteiger partial charge is 0.0546 e. The highest BCUT2D eigenvalue weighted by atomic mass is 15.1. The van der Waals surface area contributed by atoms with E-state index in [1.807, 2.05) is 0 Å². The Balaban J connectivity index is 1.09. The topological polar surface area (TPSA) is 3.24 Å². The van der Waals surface area contributed by atoms with Crippen molar-refractivity contribution in [1.29, 1.82) is 0 Å². The molecule has 64 heavy (non-hydrogen) atoms. The van der Waals surface area contributed by atoms with Gasteiger partial charge in [0.15, 0.2) is 0 Å². The number of anilines is 3. The standard InChI is InChI=1S/C63H45N/c1-63(2)57-28-14-13-25-56(57)62-55(26-15-29-58(62)63)54-27-16-30-60(61(54)45-20-7-4-8-21-45)64(59-40-39-50(43-17-5-3-6-18-43)52-23-11-12-24-53(52)59)48-36-33-42(34-37-48)46-35-38-51-47(41-46)32-31-44-19-9-10-22-49(44)51/h3-41H,1-2H3. The number of rotatable bonds is 7. The number of benzene rings is 11. The molecule has 11 aromatic rings. The first-order chi connectivity index (χ1) is 31.5. The number of hydrogen-bond acceptors (Lipinski definition) is 1. The van der Waals surface area contributed by atoms with E-state index < -0.39 is 0 Å². The largest absolute Gasteiger partial charge is 0.309 e. The van der Waals surface area contributed by atoms with Gasteiger partial charge < -0.3 is 4.90 Å². The molecule has 0 atom stereocenters. The van der Waals surface area contributed by atoms with Gasteiger partial charge in [-0.25, -0.2) is 0 Å². The van der Waals surface area contributed by atoms with Crippen LogP contribution in [0.15, 0.2) is 237 Å². The van der Waals surface area contributed by atoms with E-state index in [9.17, 15) is 0 Å². The zero-order valence-corrected chi connectivity index (χ0v) is 36.0. The van der Waals surface area contributed by atoms with E-state index in [1.165, 1.54) is 99.1 Å². The molecule has 0 bridgehead atoms. The molecule has 0 N–H and O–H groups in total. The molecule has 12 rings (SSSR count). The maximum Gasteiger partial charge on any atom is 0.0546 e. The van der Waals surface area contributed by atoms with Crippen molar-refractivity contribution in [2.75, 3.05) is 4.90 Å². The van der Waals surface area contributed by atoms with Crippen LogP contribution >= 0.6 is 0 Å². The van der Waals surface area contributed by atoms with Crippen LogP contribution in [0.25, 0.3) is 88.0 Å². The summed E-state index contributed by atoms with van der Waals surface area (Å²) in [5.74, 6) is 0. The van der Waals surface area contributed by atoms with E-state index in [0.29, 0.717) is 0 Å². The highest BCUT2D eigenvalue weighted by Gasteiger charge is 2.37. The summed E-state index contributed by atoms with van der Waals surface area (Å²) < 4.78 is 0. The van der Waals surface area contributed by atoms with Crippen LogP contribution < -0.4 is 4.90 Å². The average Bonchev–Trinajstić information content (AvgIpc) is 3.60. The fraction of sp³-hybridized carbons (Fsp3) is 0.0476. The molecule has 0 unspecified atom stereocenters. The van der Waals surface area contributed by atoms with E-state index in [1.54, 1.807) is 0 Å². The molecule has 0 radical (unpaired) electrons. The Labute approximate surface area is 375 Å². The lowest BCUT2D eigenvalue weighted by atomic mass is 9.81. The van der Waals surface area contributed by atoms with Gasteiger partial charge in [0.2, 0.25) is 0 Å². The molecule has 0 amide bonds. The number of nitrogens with zero attached hydrogens (tertiary/aromatic N) is 1. The minimum absolute atomic E-state index is 0.113. The normalized spacial score (nSPS) is 12.7. The summed E-state index contributed by atoms with van der Waals surface area (Å²) in [5, 5.41) is 7.48. The molecule has 302 valence electrons. The fourth-order valence-corrected chi connectivity index (χ4v) is 10.6. The third-order valence-corrected chi connectivity index (χ3v) is 13.7. The van der Waals surface area contributed by atoms with Crippen molar-refractivity contribution in [3.63, 3.8) is 0 Å². The van der Waals surface area contributed by atoms with Crippen molar-refractivity contribution in [1.82, 2.24) is 0 Å². The van der Waals surface area contributed by atoms with E-state index in [2.05, 4.69) is 255 Å². The van der Waals surface area contributed by atoms with Crippen LogP contribution in [-0.4, -0.2) is 0 Å². The third-order valence-electron chi connectivity index (χ3n) is 13.7. The molecule has 1 aliphatic carbocycles. The second-order valence-corrected chi connectivity index (χ2v) is 17.6. The van der Waals surface area contributed by atoms with Crippen molar-refractivity contribution in [2.24, 2.45) is 0 Å². The van der Waals surface area contributed by atoms with Crippen molar-refractivity contribution in [3.05, 3.63) is 248 Å². The van der Waals surface area contributed by atoms with Gasteiger partial charge >= 0.3 is 0 Å². The summed E-state index contributed by atoms with van der Waals surface area (Å²) in [6.45, 7) is 4.73. The molecule has 1 nitrogen and oxygen atoms in total. The van der Waals surface area contributed by atoms with Crippen LogP contribution in [0.4, 0.5) is 17.1 Å². The molecule has 0 saturated heterocycles. The second-order valence-electron chi connectivity index (χ2n) is 17.6. The minimum atomic E-state index is -0.113. The predicted octanol–water partition coefficient (Wildman–Crippen LogP) is 17.6. The van der Waals surface area contributed by atoms with Crippen LogP contribution in [0.2, 0.25) is 0 Å². The molecule has 1 aliphatic rings. The first-order valence-electron chi connectivity index (χ1n) is 22.3. The summed E-state index contributed by atoms with van der Waals surface area (Å²) in [5.41, 5.74) is 18.3. The first-order valence-corrected chi connectivity index (χ1v) is 22.3. The lowest BCUT2D eigenvalue weighted by Gasteiger charge is -2.31. The van der Waals surface area contributed by atoms with E-state index >= 15 is 0 Å². The van der Waals surface area contributed by atoms with E-state index in [0.717, 1.165) is 17.1 Å². The van der Waals surface area contributed by atoms with Gasteiger partial charge in [-0.1, -0.05) is 220 Å². The van der Waals surface area contributed by atoms with Crippen LogP contribution in [-0.2, 0) is 5.41 Å². The lowest BCUT2D eigenvalue weighted by Crippen LogP contribution is -2.14. The van der Waals surface area contributed by atoms with Gasteiger partial charge in [0.05, 0.1) is 11.4 Å². The molecule has 0 heterocycles. The Hall–Kier alpha value is -8.00. The maximum absolute atomic E-state index is 2.50. The molecular weight excluding hydrogens is 771 g/mol. The van der Waals surface area contributed by atoms with Gasteiger partial charge in [0.25, 0.3) is 0 Å². The van der Waals surface area contributed by atoms with Crippen LogP contribution in [0.5, 0.6) is 0 Å². The van der Waals surface area contributed by atoms with Gasteiger partial charge in [-0.05, 0) is 118 Å². The van der Waals surface area contributed by atoms with Gasteiger partial charge in [0.1, 0.15) is 0 Å². The van der Waals surface area contributed by atoms with Gasteiger partial charge in [-0.3, -0.25) is 0 Å². The Morgan fingerprint density at radius 1 is 0.297 bits per heavy atom. The zero-order valence-electron chi connectivity index (χ0n) is 36.0. The quantitative estimate of drug-likeness (QED) is 0.145. The molecule has 0 spiro atoms. The van der Waals surface area contributed by atoms with Crippen LogP contribution in [0.1, 0.15) is 25.0 Å². The third kappa shape index (κ3) is 6.08. The SMILES string of the molecule is CC1(C)c2ccccc2-c2c(-c3cccc(N(c4ccc(-c5ccc6c(ccc7ccccc76)c5)cc4)c4ccc(-c5ccccc5)c5ccccc45)c3-c3ccccc3)cccc21. The Bertz CT molecular complexity index is 3560. The average molecular weight is 816 g/mol. The molecule has 0 aromatic heterocycles. The van der Waals surface area contributed by atoms with Crippen molar-refractivity contribution in [3.8, 4) is 55.6 Å². The predicted molar refractivity (Wildman–Crippen MR) is 273 cm³/mol. The number of hydrogen-bond donors (Lipinski definition) is 0. The van der Waals surface area contributed by atoms with Crippen LogP contribution in [0.3, 0.4) is 0 Å². The summed E-state index contributed by atoms with van der Waals surface area (Å²) in [6.07, 6.45) is 0. The minimum Gasteiger partial charge on any atom is -0.309 e. The first kappa shape index (κ1) is 37.7. The molecule has 0 fully saturated rings. The molecular formula is C63H45N.